The van der Waals surface area contributed by atoms with Gasteiger partial charge in [-0.05, 0) is 5.56 Å². The molecule has 1 saturated heterocycles. The first kappa shape index (κ1) is 15.6. The van der Waals surface area contributed by atoms with Crippen LogP contribution in [-0.2, 0) is 11.3 Å². The van der Waals surface area contributed by atoms with Gasteiger partial charge in [0.1, 0.15) is 10.7 Å². The second-order valence-electron chi connectivity index (χ2n) is 5.31. The predicted octanol–water partition coefficient (Wildman–Crippen LogP) is 1.31. The Kier molecular flexibility index (Phi) is 4.68. The van der Waals surface area contributed by atoms with Gasteiger partial charge in [0, 0.05) is 25.0 Å². The fourth-order valence-corrected chi connectivity index (χ4v) is 3.34. The number of carbonyl (C=O) groups excluding carboxylic acids is 2. The van der Waals surface area contributed by atoms with Crippen molar-refractivity contribution >= 4 is 23.2 Å². The molecule has 23 heavy (non-hydrogen) atoms. The zero-order valence-corrected chi connectivity index (χ0v) is 13.4. The summed E-state index contributed by atoms with van der Waals surface area (Å²) in [5, 5.41) is 5.29. The van der Waals surface area contributed by atoms with E-state index < -0.39 is 0 Å². The number of benzene rings is 1. The number of nitrogens with one attached hydrogen (secondary N) is 1. The summed E-state index contributed by atoms with van der Waals surface area (Å²) >= 11 is 1.38. The van der Waals surface area contributed by atoms with Crippen LogP contribution in [0.2, 0.25) is 0 Å². The quantitative estimate of drug-likeness (QED) is 0.888. The molecular weight excluding hydrogens is 312 g/mol. The van der Waals surface area contributed by atoms with Gasteiger partial charge < -0.3 is 16.0 Å². The first-order chi connectivity index (χ1) is 11.2. The topological polar surface area (TPSA) is 88.3 Å². The first-order valence-electron chi connectivity index (χ1n) is 7.46. The van der Waals surface area contributed by atoms with Crippen LogP contribution in [0, 0.1) is 0 Å². The van der Waals surface area contributed by atoms with Crippen LogP contribution in [0.1, 0.15) is 33.5 Å². The summed E-state index contributed by atoms with van der Waals surface area (Å²) in [5.74, 6) is -0.207. The lowest BCUT2D eigenvalue weighted by molar-refractivity contribution is -0.121. The second kappa shape index (κ2) is 6.89. The molecule has 7 heteroatoms. The van der Waals surface area contributed by atoms with Crippen molar-refractivity contribution in [1.29, 1.82) is 0 Å². The smallest absolute Gasteiger partial charge is 0.273 e. The number of rotatable bonds is 3. The van der Waals surface area contributed by atoms with Gasteiger partial charge in [-0.2, -0.15) is 0 Å². The number of nitrogens with zero attached hydrogens (tertiary/aromatic N) is 2. The first-order valence-corrected chi connectivity index (χ1v) is 8.34. The van der Waals surface area contributed by atoms with E-state index in [4.69, 9.17) is 5.73 Å². The Morgan fingerprint density at radius 2 is 2.17 bits per heavy atom. The molecule has 2 heterocycles. The van der Waals surface area contributed by atoms with E-state index in [0.717, 1.165) is 10.6 Å². The van der Waals surface area contributed by atoms with Gasteiger partial charge in [0.15, 0.2) is 0 Å². The van der Waals surface area contributed by atoms with Crippen molar-refractivity contribution in [3.8, 4) is 0 Å². The minimum atomic E-state index is -0.283. The van der Waals surface area contributed by atoms with Gasteiger partial charge in [-0.15, -0.1) is 11.3 Å². The molecule has 0 radical (unpaired) electrons. The molecule has 0 bridgehead atoms. The highest BCUT2D eigenvalue weighted by atomic mass is 32.1. The van der Waals surface area contributed by atoms with Crippen LogP contribution in [-0.4, -0.2) is 34.8 Å². The van der Waals surface area contributed by atoms with Crippen LogP contribution < -0.4 is 11.1 Å². The number of nitrogens with two attached hydrogens (primary N) is 1. The Labute approximate surface area is 138 Å². The molecule has 1 aromatic heterocycles. The molecule has 3 N–H and O–H groups in total. The number of thiazole rings is 1. The molecule has 1 aliphatic rings. The highest BCUT2D eigenvalue weighted by Crippen LogP contribution is 2.27. The predicted molar refractivity (Wildman–Crippen MR) is 87.9 cm³/mol. The summed E-state index contributed by atoms with van der Waals surface area (Å²) in [6.45, 7) is 1.22. The van der Waals surface area contributed by atoms with Gasteiger partial charge in [0.25, 0.3) is 5.91 Å². The zero-order valence-electron chi connectivity index (χ0n) is 12.6. The molecule has 6 nitrogen and oxygen atoms in total. The molecule has 1 unspecified atom stereocenters. The molecule has 1 fully saturated rings. The van der Waals surface area contributed by atoms with Crippen molar-refractivity contribution in [3.63, 3.8) is 0 Å². The van der Waals surface area contributed by atoms with Gasteiger partial charge >= 0.3 is 0 Å². The average Bonchev–Trinajstić information content (AvgIpc) is 2.98. The van der Waals surface area contributed by atoms with Gasteiger partial charge in [0.2, 0.25) is 5.91 Å². The third-order valence-electron chi connectivity index (χ3n) is 3.82. The molecule has 3 rings (SSSR count). The Morgan fingerprint density at radius 1 is 1.39 bits per heavy atom. The Balaban J connectivity index is 1.92. The van der Waals surface area contributed by atoms with Crippen LogP contribution in [0.4, 0.5) is 0 Å². The van der Waals surface area contributed by atoms with Crippen molar-refractivity contribution in [3.05, 3.63) is 52.0 Å². The van der Waals surface area contributed by atoms with Crippen LogP contribution in [0.3, 0.4) is 0 Å². The SMILES string of the molecule is NCc1nc(C(=O)N2CCNC(=O)CC2c2ccccc2)cs1. The summed E-state index contributed by atoms with van der Waals surface area (Å²) in [4.78, 5) is 30.8. The Hall–Kier alpha value is -2.25. The minimum Gasteiger partial charge on any atom is -0.354 e. The molecular formula is C16H18N4O2S. The fraction of sp³-hybridized carbons (Fsp3) is 0.312. The van der Waals surface area contributed by atoms with Crippen molar-refractivity contribution in [2.45, 2.75) is 19.0 Å². The van der Waals surface area contributed by atoms with E-state index in [1.54, 1.807) is 10.3 Å². The molecule has 1 atom stereocenters. The normalized spacial score (nSPS) is 18.4. The van der Waals surface area contributed by atoms with Crippen molar-refractivity contribution < 1.29 is 9.59 Å². The van der Waals surface area contributed by atoms with E-state index in [0.29, 0.717) is 25.3 Å². The van der Waals surface area contributed by atoms with E-state index in [9.17, 15) is 9.59 Å². The third kappa shape index (κ3) is 3.40. The lowest BCUT2D eigenvalue weighted by Gasteiger charge is -2.29. The van der Waals surface area contributed by atoms with E-state index in [1.165, 1.54) is 11.3 Å². The van der Waals surface area contributed by atoms with Crippen molar-refractivity contribution in [2.75, 3.05) is 13.1 Å². The summed E-state index contributed by atoms with van der Waals surface area (Å²) in [7, 11) is 0. The summed E-state index contributed by atoms with van der Waals surface area (Å²) in [5.41, 5.74) is 6.92. The van der Waals surface area contributed by atoms with E-state index in [-0.39, 0.29) is 24.3 Å². The van der Waals surface area contributed by atoms with Crippen molar-refractivity contribution in [2.24, 2.45) is 5.73 Å². The monoisotopic (exact) mass is 330 g/mol. The number of hydrogen-bond donors (Lipinski definition) is 2. The maximum atomic E-state index is 12.9. The van der Waals surface area contributed by atoms with Crippen molar-refractivity contribution in [1.82, 2.24) is 15.2 Å². The van der Waals surface area contributed by atoms with E-state index in [1.807, 2.05) is 30.3 Å². The molecule has 0 spiro atoms. The number of amides is 2. The maximum Gasteiger partial charge on any atom is 0.273 e. The standard InChI is InChI=1S/C16H18N4O2S/c17-9-15-19-12(10-23-15)16(22)20-7-6-18-14(21)8-13(20)11-4-2-1-3-5-11/h1-5,10,13H,6-9,17H2,(H,18,21). The molecule has 2 aromatic rings. The highest BCUT2D eigenvalue weighted by Gasteiger charge is 2.31. The molecule has 1 aliphatic heterocycles. The average molecular weight is 330 g/mol. The maximum absolute atomic E-state index is 12.9. The Morgan fingerprint density at radius 3 is 2.87 bits per heavy atom. The van der Waals surface area contributed by atoms with Crippen LogP contribution in [0.15, 0.2) is 35.7 Å². The summed E-state index contributed by atoms with van der Waals surface area (Å²) in [6, 6.07) is 9.34. The minimum absolute atomic E-state index is 0.0462. The molecule has 2 amide bonds. The van der Waals surface area contributed by atoms with Crippen LogP contribution >= 0.6 is 11.3 Å². The van der Waals surface area contributed by atoms with Crippen LogP contribution in [0.5, 0.6) is 0 Å². The van der Waals surface area contributed by atoms with E-state index >= 15 is 0 Å². The zero-order chi connectivity index (χ0) is 16.2. The van der Waals surface area contributed by atoms with E-state index in [2.05, 4.69) is 10.3 Å². The Bertz CT molecular complexity index is 701. The van der Waals surface area contributed by atoms with Gasteiger partial charge in [0.05, 0.1) is 12.5 Å². The number of carbonyl (C=O) groups is 2. The van der Waals surface area contributed by atoms with Gasteiger partial charge in [-0.3, -0.25) is 9.59 Å². The highest BCUT2D eigenvalue weighted by molar-refractivity contribution is 7.09. The number of hydrogen-bond acceptors (Lipinski definition) is 5. The summed E-state index contributed by atoms with van der Waals surface area (Å²) < 4.78 is 0. The molecule has 0 saturated carbocycles. The van der Waals surface area contributed by atoms with Gasteiger partial charge in [-0.1, -0.05) is 30.3 Å². The molecule has 1 aromatic carbocycles. The lowest BCUT2D eigenvalue weighted by Crippen LogP contribution is -2.36. The lowest BCUT2D eigenvalue weighted by atomic mass is 10.0. The third-order valence-corrected chi connectivity index (χ3v) is 4.69. The molecule has 0 aliphatic carbocycles. The second-order valence-corrected chi connectivity index (χ2v) is 6.25. The fourth-order valence-electron chi connectivity index (χ4n) is 2.70. The number of aromatic nitrogens is 1. The van der Waals surface area contributed by atoms with Crippen LogP contribution in [0.25, 0.3) is 0 Å². The molecule has 120 valence electrons. The van der Waals surface area contributed by atoms with Gasteiger partial charge in [-0.25, -0.2) is 4.98 Å². The summed E-state index contributed by atoms with van der Waals surface area (Å²) in [6.07, 6.45) is 0.254. The largest absolute Gasteiger partial charge is 0.354 e.